The van der Waals surface area contributed by atoms with Gasteiger partial charge in [0.15, 0.2) is 5.69 Å². The third-order valence-electron chi connectivity index (χ3n) is 2.67. The Morgan fingerprint density at radius 1 is 1.50 bits per heavy atom. The molecule has 0 bridgehead atoms. The van der Waals surface area contributed by atoms with E-state index in [2.05, 4.69) is 15.6 Å². The smallest absolute Gasteiger partial charge is 0.302 e. The van der Waals surface area contributed by atoms with E-state index in [0.717, 1.165) is 19.3 Å². The number of hydrogen-bond acceptors (Lipinski definition) is 4. The van der Waals surface area contributed by atoms with E-state index in [-0.39, 0.29) is 29.4 Å². The van der Waals surface area contributed by atoms with E-state index in [1.54, 1.807) is 0 Å². The molecule has 1 aliphatic carbocycles. The van der Waals surface area contributed by atoms with Crippen molar-refractivity contribution in [3.8, 4) is 0 Å². The Labute approximate surface area is 92.4 Å². The van der Waals surface area contributed by atoms with Gasteiger partial charge in [0, 0.05) is 13.0 Å². The van der Waals surface area contributed by atoms with Gasteiger partial charge in [0.1, 0.15) is 6.26 Å². The average Bonchev–Trinajstić information content (AvgIpc) is 2.62. The minimum absolute atomic E-state index is 0.0651. The van der Waals surface area contributed by atoms with Crippen LogP contribution in [-0.2, 0) is 4.79 Å². The van der Waals surface area contributed by atoms with E-state index in [9.17, 15) is 9.59 Å². The van der Waals surface area contributed by atoms with E-state index in [1.165, 1.54) is 13.3 Å². The van der Waals surface area contributed by atoms with Gasteiger partial charge in [-0.3, -0.25) is 14.9 Å². The second kappa shape index (κ2) is 4.34. The maximum Gasteiger partial charge on any atom is 0.302 e. The Balaban J connectivity index is 1.96. The lowest BCUT2D eigenvalue weighted by atomic mass is 9.85. The predicted octanol–water partition coefficient (Wildman–Crippen LogP) is 0.773. The molecule has 0 saturated heterocycles. The molecule has 6 nitrogen and oxygen atoms in total. The van der Waals surface area contributed by atoms with Crippen molar-refractivity contribution >= 4 is 17.8 Å². The van der Waals surface area contributed by atoms with Gasteiger partial charge in [0.05, 0.1) is 0 Å². The number of carbonyl (C=O) groups excluding carboxylic acids is 2. The van der Waals surface area contributed by atoms with E-state index in [0.29, 0.717) is 0 Å². The molecule has 0 spiro atoms. The number of aromatic nitrogens is 1. The van der Waals surface area contributed by atoms with Crippen molar-refractivity contribution in [3.05, 3.63) is 12.0 Å². The summed E-state index contributed by atoms with van der Waals surface area (Å²) in [7, 11) is 1.50. The Bertz CT molecular complexity index is 409. The quantitative estimate of drug-likeness (QED) is 0.792. The summed E-state index contributed by atoms with van der Waals surface area (Å²) >= 11 is 0. The Morgan fingerprint density at radius 3 is 2.81 bits per heavy atom. The fourth-order valence-corrected chi connectivity index (χ4v) is 1.44. The van der Waals surface area contributed by atoms with Crippen LogP contribution in [0.15, 0.2) is 10.7 Å². The van der Waals surface area contributed by atoms with E-state index < -0.39 is 0 Å². The molecule has 2 N–H and O–H groups in total. The average molecular weight is 223 g/mol. The van der Waals surface area contributed by atoms with Crippen LogP contribution in [0.2, 0.25) is 0 Å². The number of anilines is 1. The molecule has 6 heteroatoms. The third kappa shape index (κ3) is 2.05. The normalized spacial score (nSPS) is 15.3. The molecule has 1 aliphatic rings. The third-order valence-corrected chi connectivity index (χ3v) is 2.67. The fraction of sp³-hybridized carbons (Fsp3) is 0.500. The summed E-state index contributed by atoms with van der Waals surface area (Å²) in [5.74, 6) is -0.361. The van der Waals surface area contributed by atoms with Gasteiger partial charge >= 0.3 is 6.01 Å². The van der Waals surface area contributed by atoms with E-state index >= 15 is 0 Å². The second-order valence-corrected chi connectivity index (χ2v) is 3.73. The first-order valence-corrected chi connectivity index (χ1v) is 5.19. The summed E-state index contributed by atoms with van der Waals surface area (Å²) in [6.07, 6.45) is 4.13. The monoisotopic (exact) mass is 223 g/mol. The number of oxazole rings is 1. The predicted molar refractivity (Wildman–Crippen MR) is 55.9 cm³/mol. The van der Waals surface area contributed by atoms with Gasteiger partial charge in [-0.15, -0.1) is 0 Å². The number of hydrogen-bond donors (Lipinski definition) is 2. The molecule has 0 radical (unpaired) electrons. The topological polar surface area (TPSA) is 84.2 Å². The summed E-state index contributed by atoms with van der Waals surface area (Å²) in [5, 5.41) is 4.97. The van der Waals surface area contributed by atoms with Gasteiger partial charge in [0.25, 0.3) is 5.91 Å². The molecule has 1 saturated carbocycles. The number of nitrogens with zero attached hydrogens (tertiary/aromatic N) is 1. The van der Waals surface area contributed by atoms with Crippen LogP contribution in [0.4, 0.5) is 6.01 Å². The summed E-state index contributed by atoms with van der Waals surface area (Å²) in [6, 6.07) is 0.0792. The van der Waals surface area contributed by atoms with Crippen LogP contribution < -0.4 is 10.6 Å². The minimum Gasteiger partial charge on any atom is -0.431 e. The lowest BCUT2D eigenvalue weighted by Gasteiger charge is -2.22. The summed E-state index contributed by atoms with van der Waals surface area (Å²) in [6.45, 7) is 0. The zero-order chi connectivity index (χ0) is 11.5. The van der Waals surface area contributed by atoms with Gasteiger partial charge < -0.3 is 9.73 Å². The van der Waals surface area contributed by atoms with Crippen LogP contribution in [0, 0.1) is 5.92 Å². The van der Waals surface area contributed by atoms with Gasteiger partial charge in [-0.05, 0) is 12.8 Å². The molecule has 86 valence electrons. The van der Waals surface area contributed by atoms with Crippen LogP contribution in [0.1, 0.15) is 29.8 Å². The molecule has 0 aliphatic heterocycles. The number of carbonyl (C=O) groups is 2. The van der Waals surface area contributed by atoms with Crippen molar-refractivity contribution in [2.45, 2.75) is 19.3 Å². The van der Waals surface area contributed by atoms with Crippen molar-refractivity contribution in [1.29, 1.82) is 0 Å². The Hall–Kier alpha value is -1.85. The van der Waals surface area contributed by atoms with E-state index in [1.807, 2.05) is 0 Å². The fourth-order valence-electron chi connectivity index (χ4n) is 1.44. The number of amides is 2. The Morgan fingerprint density at radius 2 is 2.25 bits per heavy atom. The highest BCUT2D eigenvalue weighted by Crippen LogP contribution is 2.27. The van der Waals surface area contributed by atoms with Crippen LogP contribution in [0.3, 0.4) is 0 Å². The first-order valence-electron chi connectivity index (χ1n) is 5.19. The van der Waals surface area contributed by atoms with Crippen LogP contribution in [0.25, 0.3) is 0 Å². The molecule has 2 amide bonds. The first-order chi connectivity index (χ1) is 7.70. The van der Waals surface area contributed by atoms with Crippen LogP contribution in [0.5, 0.6) is 0 Å². The molecular formula is C10H13N3O3. The molecule has 1 aromatic heterocycles. The maximum atomic E-state index is 11.5. The highest BCUT2D eigenvalue weighted by molar-refractivity contribution is 5.94. The lowest BCUT2D eigenvalue weighted by Crippen LogP contribution is -2.28. The van der Waals surface area contributed by atoms with Gasteiger partial charge in [0.2, 0.25) is 5.91 Å². The van der Waals surface area contributed by atoms with Gasteiger partial charge in [-0.1, -0.05) is 6.42 Å². The van der Waals surface area contributed by atoms with Crippen molar-refractivity contribution in [2.75, 3.05) is 12.4 Å². The van der Waals surface area contributed by atoms with Crippen molar-refractivity contribution in [1.82, 2.24) is 10.3 Å². The highest BCUT2D eigenvalue weighted by atomic mass is 16.4. The standard InChI is InChI=1S/C10H13N3O3/c1-11-9(15)7-5-16-10(12-7)13-8(14)6-3-2-4-6/h5-6H,2-4H2,1H3,(H,11,15)(H,12,13,14). The zero-order valence-electron chi connectivity index (χ0n) is 8.95. The summed E-state index contributed by atoms with van der Waals surface area (Å²) in [4.78, 5) is 26.6. The van der Waals surface area contributed by atoms with Gasteiger partial charge in [-0.2, -0.15) is 4.98 Å². The van der Waals surface area contributed by atoms with Crippen molar-refractivity contribution in [2.24, 2.45) is 5.92 Å². The Kier molecular flexibility index (Phi) is 2.89. The van der Waals surface area contributed by atoms with Crippen molar-refractivity contribution < 1.29 is 14.0 Å². The molecule has 2 rings (SSSR count). The molecule has 0 atom stereocenters. The second-order valence-electron chi connectivity index (χ2n) is 3.73. The molecule has 0 aromatic carbocycles. The number of rotatable bonds is 3. The molecule has 1 aromatic rings. The van der Waals surface area contributed by atoms with Crippen LogP contribution in [-0.4, -0.2) is 23.8 Å². The van der Waals surface area contributed by atoms with Gasteiger partial charge in [-0.25, -0.2) is 0 Å². The first kappa shape index (κ1) is 10.7. The molecular weight excluding hydrogens is 210 g/mol. The van der Waals surface area contributed by atoms with Crippen LogP contribution >= 0.6 is 0 Å². The zero-order valence-corrected chi connectivity index (χ0v) is 8.95. The maximum absolute atomic E-state index is 11.5. The summed E-state index contributed by atoms with van der Waals surface area (Å²) in [5.41, 5.74) is 0.159. The highest BCUT2D eigenvalue weighted by Gasteiger charge is 2.26. The minimum atomic E-state index is -0.340. The molecule has 16 heavy (non-hydrogen) atoms. The molecule has 1 heterocycles. The van der Waals surface area contributed by atoms with E-state index in [4.69, 9.17) is 4.42 Å². The SMILES string of the molecule is CNC(=O)c1coc(NC(=O)C2CCC2)n1. The molecule has 0 unspecified atom stereocenters. The van der Waals surface area contributed by atoms with Crippen molar-refractivity contribution in [3.63, 3.8) is 0 Å². The largest absolute Gasteiger partial charge is 0.431 e. The number of nitrogens with one attached hydrogen (secondary N) is 2. The lowest BCUT2D eigenvalue weighted by molar-refractivity contribution is -0.122. The molecule has 1 fully saturated rings. The summed E-state index contributed by atoms with van der Waals surface area (Å²) < 4.78 is 4.97.